The summed E-state index contributed by atoms with van der Waals surface area (Å²) in [6.07, 6.45) is 0. The number of rotatable bonds is 6. The summed E-state index contributed by atoms with van der Waals surface area (Å²) in [5, 5.41) is 10.6. The zero-order valence-corrected chi connectivity index (χ0v) is 16.6. The van der Waals surface area contributed by atoms with Crippen molar-refractivity contribution in [3.8, 4) is 0 Å². The lowest BCUT2D eigenvalue weighted by molar-refractivity contribution is -0.384. The minimum Gasteiger partial charge on any atom is -0.452 e. The average molecular weight is 405 g/mol. The van der Waals surface area contributed by atoms with Crippen molar-refractivity contribution in [3.63, 3.8) is 0 Å². The van der Waals surface area contributed by atoms with Gasteiger partial charge in [0.1, 0.15) is 0 Å². The van der Waals surface area contributed by atoms with Crippen LogP contribution < -0.4 is 0 Å². The van der Waals surface area contributed by atoms with Gasteiger partial charge in [0, 0.05) is 24.2 Å². The third-order valence-electron chi connectivity index (χ3n) is 4.00. The number of nitrogens with zero attached hydrogens (tertiary/aromatic N) is 2. The van der Waals surface area contributed by atoms with Crippen LogP contribution in [-0.4, -0.2) is 33.8 Å². The Morgan fingerprint density at radius 2 is 1.79 bits per heavy atom. The standard InChI is InChI=1S/C20H21ClN2O5/c1-20(2,3)22(12-14-7-5-4-6-8-14)18(24)13-28-19(25)16-10-9-15(23(26)27)11-17(16)21/h4-11H,12-13H2,1-3H3. The molecule has 2 aromatic rings. The molecular formula is C20H21ClN2O5. The molecule has 7 nitrogen and oxygen atoms in total. The molecule has 0 fully saturated rings. The lowest BCUT2D eigenvalue weighted by atomic mass is 10.0. The number of ether oxygens (including phenoxy) is 1. The number of carbonyl (C=O) groups excluding carboxylic acids is 2. The molecule has 0 aromatic heterocycles. The van der Waals surface area contributed by atoms with Crippen molar-refractivity contribution < 1.29 is 19.2 Å². The van der Waals surface area contributed by atoms with Gasteiger partial charge in [0.25, 0.3) is 11.6 Å². The fourth-order valence-electron chi connectivity index (χ4n) is 2.53. The van der Waals surface area contributed by atoms with Crippen molar-refractivity contribution >= 4 is 29.2 Å². The Labute approximate surface area is 168 Å². The smallest absolute Gasteiger partial charge is 0.340 e. The van der Waals surface area contributed by atoms with E-state index in [2.05, 4.69) is 0 Å². The molecule has 8 heteroatoms. The van der Waals surface area contributed by atoms with Gasteiger partial charge in [-0.25, -0.2) is 4.79 Å². The molecule has 0 aliphatic rings. The van der Waals surface area contributed by atoms with E-state index in [0.717, 1.165) is 17.7 Å². The predicted octanol–water partition coefficient (Wildman–Crippen LogP) is 4.23. The van der Waals surface area contributed by atoms with E-state index in [1.54, 1.807) is 4.90 Å². The highest BCUT2D eigenvalue weighted by atomic mass is 35.5. The van der Waals surface area contributed by atoms with Crippen molar-refractivity contribution in [2.24, 2.45) is 0 Å². The third-order valence-corrected chi connectivity index (χ3v) is 4.32. The first kappa shape index (κ1) is 21.4. The molecule has 0 aliphatic carbocycles. The molecule has 0 spiro atoms. The SMILES string of the molecule is CC(C)(C)N(Cc1ccccc1)C(=O)COC(=O)c1ccc([N+](=O)[O-])cc1Cl. The maximum atomic E-state index is 12.7. The Kier molecular flexibility index (Phi) is 6.75. The lowest BCUT2D eigenvalue weighted by Gasteiger charge is -2.35. The van der Waals surface area contributed by atoms with Gasteiger partial charge in [0.05, 0.1) is 15.5 Å². The molecular weight excluding hydrogens is 384 g/mol. The first-order valence-electron chi connectivity index (χ1n) is 8.55. The van der Waals surface area contributed by atoms with Crippen molar-refractivity contribution in [1.82, 2.24) is 4.90 Å². The van der Waals surface area contributed by atoms with Crippen LogP contribution in [0.4, 0.5) is 5.69 Å². The summed E-state index contributed by atoms with van der Waals surface area (Å²) in [5.74, 6) is -1.18. The second-order valence-electron chi connectivity index (χ2n) is 7.13. The molecule has 0 saturated carbocycles. The molecule has 0 saturated heterocycles. The summed E-state index contributed by atoms with van der Waals surface area (Å²) in [6, 6.07) is 12.9. The zero-order chi connectivity index (χ0) is 20.9. The highest BCUT2D eigenvalue weighted by Gasteiger charge is 2.27. The number of halogens is 1. The molecule has 28 heavy (non-hydrogen) atoms. The topological polar surface area (TPSA) is 89.8 Å². The van der Waals surface area contributed by atoms with E-state index < -0.39 is 23.0 Å². The maximum absolute atomic E-state index is 12.7. The number of hydrogen-bond acceptors (Lipinski definition) is 5. The molecule has 0 bridgehead atoms. The average Bonchev–Trinajstić information content (AvgIpc) is 2.63. The lowest BCUT2D eigenvalue weighted by Crippen LogP contribution is -2.46. The third kappa shape index (κ3) is 5.53. The van der Waals surface area contributed by atoms with E-state index in [1.807, 2.05) is 51.1 Å². The minimum atomic E-state index is -0.818. The Morgan fingerprint density at radius 3 is 2.32 bits per heavy atom. The number of amides is 1. The van der Waals surface area contributed by atoms with Gasteiger partial charge in [-0.15, -0.1) is 0 Å². The van der Waals surface area contributed by atoms with E-state index in [-0.39, 0.29) is 22.2 Å². The number of esters is 1. The number of benzene rings is 2. The summed E-state index contributed by atoms with van der Waals surface area (Å²) < 4.78 is 5.10. The van der Waals surface area contributed by atoms with Gasteiger partial charge in [0.2, 0.25) is 0 Å². The Bertz CT molecular complexity index is 878. The van der Waals surface area contributed by atoms with Gasteiger partial charge in [-0.2, -0.15) is 0 Å². The molecule has 0 aliphatic heterocycles. The summed E-state index contributed by atoms with van der Waals surface area (Å²) in [4.78, 5) is 36.7. The molecule has 2 aromatic carbocycles. The van der Waals surface area contributed by atoms with Crippen molar-refractivity contribution in [1.29, 1.82) is 0 Å². The number of hydrogen-bond donors (Lipinski definition) is 0. The van der Waals surface area contributed by atoms with Crippen molar-refractivity contribution in [3.05, 3.63) is 74.8 Å². The molecule has 148 valence electrons. The van der Waals surface area contributed by atoms with E-state index in [4.69, 9.17) is 16.3 Å². The Balaban J connectivity index is 2.07. The Hall–Kier alpha value is -2.93. The summed E-state index contributed by atoms with van der Waals surface area (Å²) >= 11 is 5.93. The molecule has 0 unspecified atom stereocenters. The van der Waals surface area contributed by atoms with Crippen LogP contribution >= 0.6 is 11.6 Å². The van der Waals surface area contributed by atoms with Crippen LogP contribution in [0.2, 0.25) is 5.02 Å². The van der Waals surface area contributed by atoms with Crippen LogP contribution in [0.5, 0.6) is 0 Å². The largest absolute Gasteiger partial charge is 0.452 e. The molecule has 0 N–H and O–H groups in total. The summed E-state index contributed by atoms with van der Waals surface area (Å²) in [5.41, 5.74) is 0.199. The van der Waals surface area contributed by atoms with Crippen LogP contribution in [0.1, 0.15) is 36.7 Å². The first-order valence-corrected chi connectivity index (χ1v) is 8.93. The molecule has 0 radical (unpaired) electrons. The van der Waals surface area contributed by atoms with Crippen LogP contribution in [0.3, 0.4) is 0 Å². The second kappa shape index (κ2) is 8.84. The number of non-ortho nitro benzene ring substituents is 1. The zero-order valence-electron chi connectivity index (χ0n) is 15.8. The molecule has 1 amide bonds. The van der Waals surface area contributed by atoms with E-state index in [0.29, 0.717) is 6.54 Å². The van der Waals surface area contributed by atoms with Crippen LogP contribution in [-0.2, 0) is 16.1 Å². The Morgan fingerprint density at radius 1 is 1.14 bits per heavy atom. The van der Waals surface area contributed by atoms with Crippen molar-refractivity contribution in [2.45, 2.75) is 32.9 Å². The number of carbonyl (C=O) groups is 2. The van der Waals surface area contributed by atoms with E-state index in [1.165, 1.54) is 6.07 Å². The van der Waals surface area contributed by atoms with E-state index >= 15 is 0 Å². The fraction of sp³-hybridized carbons (Fsp3) is 0.300. The van der Waals surface area contributed by atoms with Gasteiger partial charge >= 0.3 is 5.97 Å². The van der Waals surface area contributed by atoms with Crippen LogP contribution in [0.25, 0.3) is 0 Å². The highest BCUT2D eigenvalue weighted by Crippen LogP contribution is 2.23. The normalized spacial score (nSPS) is 11.0. The van der Waals surface area contributed by atoms with Gasteiger partial charge in [-0.1, -0.05) is 41.9 Å². The second-order valence-corrected chi connectivity index (χ2v) is 7.54. The molecule has 2 rings (SSSR count). The van der Waals surface area contributed by atoms with Gasteiger partial charge < -0.3 is 9.64 Å². The van der Waals surface area contributed by atoms with E-state index in [9.17, 15) is 19.7 Å². The highest BCUT2D eigenvalue weighted by molar-refractivity contribution is 6.33. The molecule has 0 heterocycles. The van der Waals surface area contributed by atoms with Crippen LogP contribution in [0, 0.1) is 10.1 Å². The van der Waals surface area contributed by atoms with Crippen molar-refractivity contribution in [2.75, 3.05) is 6.61 Å². The predicted molar refractivity (Wildman–Crippen MR) is 105 cm³/mol. The van der Waals surface area contributed by atoms with Gasteiger partial charge in [-0.3, -0.25) is 14.9 Å². The van der Waals surface area contributed by atoms with Gasteiger partial charge in [-0.05, 0) is 32.4 Å². The number of nitro benzene ring substituents is 1. The maximum Gasteiger partial charge on any atom is 0.340 e. The number of nitro groups is 1. The van der Waals surface area contributed by atoms with Gasteiger partial charge in [0.15, 0.2) is 6.61 Å². The summed E-state index contributed by atoms with van der Waals surface area (Å²) in [6.45, 7) is 5.59. The first-order chi connectivity index (χ1) is 13.1. The fourth-order valence-corrected chi connectivity index (χ4v) is 2.78. The monoisotopic (exact) mass is 404 g/mol. The quantitative estimate of drug-likeness (QED) is 0.408. The summed E-state index contributed by atoms with van der Waals surface area (Å²) in [7, 11) is 0. The molecule has 0 atom stereocenters. The minimum absolute atomic E-state index is 0.0366. The van der Waals surface area contributed by atoms with Crippen LogP contribution in [0.15, 0.2) is 48.5 Å².